The van der Waals surface area contributed by atoms with Gasteiger partial charge in [0.1, 0.15) is 29.6 Å². The minimum absolute atomic E-state index is 0.186. The second-order valence-electron chi connectivity index (χ2n) is 5.64. The maximum absolute atomic E-state index is 12.8. The number of amides is 1. The van der Waals surface area contributed by atoms with Gasteiger partial charge in [-0.25, -0.2) is 0 Å². The van der Waals surface area contributed by atoms with Crippen LogP contribution in [0.4, 0.5) is 5.69 Å². The normalized spacial score (nSPS) is 10.5. The summed E-state index contributed by atoms with van der Waals surface area (Å²) >= 11 is 6.01. The lowest BCUT2D eigenvalue weighted by molar-refractivity contribution is 0.102. The van der Waals surface area contributed by atoms with E-state index in [0.717, 1.165) is 5.56 Å². The van der Waals surface area contributed by atoms with Gasteiger partial charge in [-0.05, 0) is 48.5 Å². The summed E-state index contributed by atoms with van der Waals surface area (Å²) in [6.07, 6.45) is 0. The Morgan fingerprint density at radius 3 is 2.48 bits per heavy atom. The minimum atomic E-state index is -0.389. The van der Waals surface area contributed by atoms with Crippen molar-refractivity contribution in [3.8, 4) is 22.8 Å². The number of furan rings is 1. The van der Waals surface area contributed by atoms with E-state index in [9.17, 15) is 4.79 Å². The van der Waals surface area contributed by atoms with Gasteiger partial charge in [-0.2, -0.15) is 0 Å². The van der Waals surface area contributed by atoms with Gasteiger partial charge in [0.2, 0.25) is 0 Å². The quantitative estimate of drug-likeness (QED) is 0.656. The highest BCUT2D eigenvalue weighted by Crippen LogP contribution is 2.33. The summed E-state index contributed by atoms with van der Waals surface area (Å²) in [5.41, 5.74) is 1.49. The van der Waals surface area contributed by atoms with Gasteiger partial charge >= 0.3 is 0 Å². The van der Waals surface area contributed by atoms with Gasteiger partial charge in [-0.15, -0.1) is 0 Å². The Morgan fingerprint density at radius 2 is 1.81 bits per heavy atom. The second kappa shape index (κ2) is 8.16. The van der Waals surface area contributed by atoms with Crippen LogP contribution in [-0.4, -0.2) is 25.2 Å². The van der Waals surface area contributed by atoms with Crippen LogP contribution in [0, 0.1) is 0 Å². The maximum atomic E-state index is 12.8. The van der Waals surface area contributed by atoms with E-state index in [1.165, 1.54) is 20.3 Å². The van der Waals surface area contributed by atoms with Crippen LogP contribution in [-0.2, 0) is 6.61 Å². The number of aliphatic hydroxyl groups excluding tert-OH is 1. The predicted octanol–water partition coefficient (Wildman–Crippen LogP) is 4.36. The van der Waals surface area contributed by atoms with Gasteiger partial charge in [0.25, 0.3) is 5.91 Å². The van der Waals surface area contributed by atoms with Gasteiger partial charge in [-0.3, -0.25) is 4.79 Å². The third-order valence-electron chi connectivity index (χ3n) is 3.96. The summed E-state index contributed by atoms with van der Waals surface area (Å²) in [6.45, 7) is -0.186. The van der Waals surface area contributed by atoms with Crippen LogP contribution in [0.3, 0.4) is 0 Å². The molecular weight excluding hydrogens is 370 g/mol. The summed E-state index contributed by atoms with van der Waals surface area (Å²) < 4.78 is 16.1. The number of hydrogen-bond donors (Lipinski definition) is 2. The smallest absolute Gasteiger partial charge is 0.259 e. The Hall–Kier alpha value is -2.96. The molecule has 0 atom stereocenters. The van der Waals surface area contributed by atoms with E-state index in [2.05, 4.69) is 5.32 Å². The topological polar surface area (TPSA) is 80.9 Å². The number of halogens is 1. The Labute approximate surface area is 161 Å². The molecule has 27 heavy (non-hydrogen) atoms. The molecule has 0 unspecified atom stereocenters. The standard InChI is InChI=1S/C20H18ClNO5/c1-25-18-7-4-13(21)10-15(18)20(24)22-16-9-12(3-6-19(16)26-2)17-8-5-14(11-23)27-17/h3-10,23H,11H2,1-2H3,(H,22,24). The lowest BCUT2D eigenvalue weighted by Gasteiger charge is -2.13. The fourth-order valence-electron chi connectivity index (χ4n) is 2.62. The molecule has 0 aliphatic heterocycles. The first kappa shape index (κ1) is 18.8. The Balaban J connectivity index is 1.94. The average Bonchev–Trinajstić information content (AvgIpc) is 3.17. The number of carbonyl (C=O) groups excluding carboxylic acids is 1. The van der Waals surface area contributed by atoms with Crippen LogP contribution in [0.15, 0.2) is 52.9 Å². The molecule has 0 saturated heterocycles. The van der Waals surface area contributed by atoms with Gasteiger partial charge in [0.05, 0.1) is 25.5 Å². The summed E-state index contributed by atoms with van der Waals surface area (Å²) in [5, 5.41) is 12.4. The summed E-state index contributed by atoms with van der Waals surface area (Å²) in [5.74, 6) is 1.53. The highest BCUT2D eigenvalue weighted by Gasteiger charge is 2.16. The molecule has 0 spiro atoms. The molecule has 0 fully saturated rings. The maximum Gasteiger partial charge on any atom is 0.259 e. The summed E-state index contributed by atoms with van der Waals surface area (Å²) in [6, 6.07) is 13.5. The molecule has 140 valence electrons. The molecule has 2 N–H and O–H groups in total. The third kappa shape index (κ3) is 4.07. The fourth-order valence-corrected chi connectivity index (χ4v) is 2.80. The number of carbonyl (C=O) groups is 1. The summed E-state index contributed by atoms with van der Waals surface area (Å²) in [7, 11) is 3.00. The van der Waals surface area contributed by atoms with E-state index in [4.69, 9.17) is 30.6 Å². The van der Waals surface area contributed by atoms with E-state index >= 15 is 0 Å². The van der Waals surface area contributed by atoms with Crippen molar-refractivity contribution in [1.82, 2.24) is 0 Å². The molecule has 0 aliphatic rings. The van der Waals surface area contributed by atoms with Crippen molar-refractivity contribution in [2.45, 2.75) is 6.61 Å². The molecule has 2 aromatic carbocycles. The first-order valence-corrected chi connectivity index (χ1v) is 8.46. The Kier molecular flexibility index (Phi) is 5.69. The van der Waals surface area contributed by atoms with Crippen molar-refractivity contribution in [1.29, 1.82) is 0 Å². The molecule has 7 heteroatoms. The van der Waals surface area contributed by atoms with Crippen molar-refractivity contribution < 1.29 is 23.8 Å². The van der Waals surface area contributed by atoms with E-state index < -0.39 is 0 Å². The number of methoxy groups -OCH3 is 2. The minimum Gasteiger partial charge on any atom is -0.496 e. The van der Waals surface area contributed by atoms with Gasteiger partial charge < -0.3 is 24.3 Å². The zero-order valence-corrected chi connectivity index (χ0v) is 15.5. The van der Waals surface area contributed by atoms with E-state index in [1.807, 2.05) is 0 Å². The van der Waals surface area contributed by atoms with Crippen molar-refractivity contribution in [3.05, 3.63) is 64.9 Å². The van der Waals surface area contributed by atoms with Gasteiger partial charge in [-0.1, -0.05) is 11.6 Å². The molecule has 0 radical (unpaired) electrons. The summed E-state index contributed by atoms with van der Waals surface area (Å²) in [4.78, 5) is 12.8. The molecule has 1 heterocycles. The number of anilines is 1. The van der Waals surface area contributed by atoms with Crippen molar-refractivity contribution >= 4 is 23.2 Å². The van der Waals surface area contributed by atoms with Crippen molar-refractivity contribution in [2.24, 2.45) is 0 Å². The van der Waals surface area contributed by atoms with Crippen LogP contribution >= 0.6 is 11.6 Å². The second-order valence-corrected chi connectivity index (χ2v) is 6.07. The first-order chi connectivity index (χ1) is 13.0. The van der Waals surface area contributed by atoms with Crippen LogP contribution < -0.4 is 14.8 Å². The van der Waals surface area contributed by atoms with Crippen LogP contribution in [0.1, 0.15) is 16.1 Å². The van der Waals surface area contributed by atoms with E-state index in [-0.39, 0.29) is 12.5 Å². The average molecular weight is 388 g/mol. The van der Waals surface area contributed by atoms with Crippen LogP contribution in [0.5, 0.6) is 11.5 Å². The molecule has 3 aromatic rings. The molecule has 3 rings (SSSR count). The first-order valence-electron chi connectivity index (χ1n) is 8.08. The lowest BCUT2D eigenvalue weighted by atomic mass is 10.1. The Morgan fingerprint density at radius 1 is 1.07 bits per heavy atom. The fraction of sp³-hybridized carbons (Fsp3) is 0.150. The van der Waals surface area contributed by atoms with Crippen LogP contribution in [0.2, 0.25) is 5.02 Å². The van der Waals surface area contributed by atoms with E-state index in [0.29, 0.717) is 39.3 Å². The number of aliphatic hydroxyl groups is 1. The number of rotatable bonds is 6. The van der Waals surface area contributed by atoms with Crippen molar-refractivity contribution in [2.75, 3.05) is 19.5 Å². The number of benzene rings is 2. The molecule has 0 saturated carbocycles. The number of hydrogen-bond acceptors (Lipinski definition) is 5. The zero-order chi connectivity index (χ0) is 19.4. The largest absolute Gasteiger partial charge is 0.496 e. The highest BCUT2D eigenvalue weighted by molar-refractivity contribution is 6.31. The van der Waals surface area contributed by atoms with Crippen molar-refractivity contribution in [3.63, 3.8) is 0 Å². The van der Waals surface area contributed by atoms with E-state index in [1.54, 1.807) is 42.5 Å². The molecule has 1 amide bonds. The molecule has 0 aliphatic carbocycles. The molecule has 1 aromatic heterocycles. The predicted molar refractivity (Wildman–Crippen MR) is 103 cm³/mol. The number of nitrogens with one attached hydrogen (secondary N) is 1. The Bertz CT molecular complexity index is 967. The van der Waals surface area contributed by atoms with Gasteiger partial charge in [0.15, 0.2) is 0 Å². The SMILES string of the molecule is COc1ccc(-c2ccc(CO)o2)cc1NC(=O)c1cc(Cl)ccc1OC. The molecule has 0 bridgehead atoms. The molecule has 6 nitrogen and oxygen atoms in total. The third-order valence-corrected chi connectivity index (χ3v) is 4.19. The van der Waals surface area contributed by atoms with Gasteiger partial charge in [0, 0.05) is 10.6 Å². The highest BCUT2D eigenvalue weighted by atomic mass is 35.5. The lowest BCUT2D eigenvalue weighted by Crippen LogP contribution is -2.14. The zero-order valence-electron chi connectivity index (χ0n) is 14.8. The monoisotopic (exact) mass is 387 g/mol. The number of ether oxygens (including phenoxy) is 2. The van der Waals surface area contributed by atoms with Crippen LogP contribution in [0.25, 0.3) is 11.3 Å². The molecular formula is C20H18ClNO5.